The van der Waals surface area contributed by atoms with Crippen molar-refractivity contribution < 1.29 is 14.3 Å². The molecule has 0 aliphatic rings. The number of hydrogen-bond donors (Lipinski definition) is 1. The van der Waals surface area contributed by atoms with Crippen LogP contribution >= 0.6 is 27.5 Å². The average molecular weight is 399 g/mol. The smallest absolute Gasteiger partial charge is 0.262 e. The second kappa shape index (κ2) is 8.22. The lowest BCUT2D eigenvalue weighted by atomic mass is 10.1. The van der Waals surface area contributed by atoms with Crippen molar-refractivity contribution in [2.75, 3.05) is 19.0 Å². The van der Waals surface area contributed by atoms with E-state index in [4.69, 9.17) is 21.1 Å². The lowest BCUT2D eigenvalue weighted by molar-refractivity contribution is -0.118. The minimum atomic E-state index is -0.282. The van der Waals surface area contributed by atoms with E-state index in [1.165, 1.54) is 7.11 Å². The first-order valence-corrected chi connectivity index (χ1v) is 8.25. The number of rotatable bonds is 6. The molecule has 2 aromatic carbocycles. The third kappa shape index (κ3) is 4.88. The Bertz CT molecular complexity index is 706. The summed E-state index contributed by atoms with van der Waals surface area (Å²) in [6.45, 7) is 1.94. The number of halogens is 2. The molecule has 0 heterocycles. The van der Waals surface area contributed by atoms with Crippen LogP contribution in [0.25, 0.3) is 0 Å². The molecule has 2 aromatic rings. The van der Waals surface area contributed by atoms with Crippen molar-refractivity contribution in [3.8, 4) is 11.5 Å². The zero-order chi connectivity index (χ0) is 16.8. The second-order valence-electron chi connectivity index (χ2n) is 4.79. The topological polar surface area (TPSA) is 47.6 Å². The molecule has 122 valence electrons. The van der Waals surface area contributed by atoms with Crippen LogP contribution in [0.3, 0.4) is 0 Å². The summed E-state index contributed by atoms with van der Waals surface area (Å²) in [5.41, 5.74) is 1.55. The minimum absolute atomic E-state index is 0.0930. The molecule has 0 atom stereocenters. The van der Waals surface area contributed by atoms with Crippen molar-refractivity contribution in [3.63, 3.8) is 0 Å². The highest BCUT2D eigenvalue weighted by Gasteiger charge is 2.10. The molecule has 4 nitrogen and oxygen atoms in total. The third-order valence-electron chi connectivity index (χ3n) is 3.20. The van der Waals surface area contributed by atoms with E-state index in [1.807, 2.05) is 25.1 Å². The number of anilines is 1. The summed E-state index contributed by atoms with van der Waals surface area (Å²) in [5, 5.41) is 3.26. The minimum Gasteiger partial charge on any atom is -0.495 e. The predicted octanol–water partition coefficient (Wildman–Crippen LogP) is 4.69. The number of carbonyl (C=O) groups is 1. The first kappa shape index (κ1) is 17.6. The Morgan fingerprint density at radius 2 is 1.96 bits per heavy atom. The van der Waals surface area contributed by atoms with E-state index in [2.05, 4.69) is 21.2 Å². The zero-order valence-electron chi connectivity index (χ0n) is 12.9. The van der Waals surface area contributed by atoms with Gasteiger partial charge in [0.25, 0.3) is 5.91 Å². The van der Waals surface area contributed by atoms with Crippen molar-refractivity contribution in [1.82, 2.24) is 0 Å². The first-order valence-electron chi connectivity index (χ1n) is 7.08. The van der Waals surface area contributed by atoms with Crippen molar-refractivity contribution >= 4 is 39.1 Å². The van der Waals surface area contributed by atoms with Crippen LogP contribution in [0.5, 0.6) is 11.5 Å². The molecule has 2 rings (SSSR count). The molecule has 1 amide bonds. The van der Waals surface area contributed by atoms with Gasteiger partial charge in [0, 0.05) is 9.50 Å². The van der Waals surface area contributed by atoms with Crippen LogP contribution in [0.2, 0.25) is 5.02 Å². The highest BCUT2D eigenvalue weighted by molar-refractivity contribution is 9.10. The van der Waals surface area contributed by atoms with E-state index in [0.717, 1.165) is 16.5 Å². The number of hydrogen-bond acceptors (Lipinski definition) is 3. The summed E-state index contributed by atoms with van der Waals surface area (Å²) in [6.07, 6.45) is 0.818. The molecule has 0 aliphatic heterocycles. The van der Waals surface area contributed by atoms with E-state index in [9.17, 15) is 4.79 Å². The molecule has 0 fully saturated rings. The van der Waals surface area contributed by atoms with Gasteiger partial charge in [-0.1, -0.05) is 34.5 Å². The van der Waals surface area contributed by atoms with Crippen molar-refractivity contribution in [2.45, 2.75) is 13.3 Å². The number of amides is 1. The maximum atomic E-state index is 12.1. The molecule has 0 aliphatic carbocycles. The maximum Gasteiger partial charge on any atom is 0.262 e. The molecule has 0 radical (unpaired) electrons. The molecule has 0 bridgehead atoms. The quantitative estimate of drug-likeness (QED) is 0.768. The first-order chi connectivity index (χ1) is 11.0. The molecular weight excluding hydrogens is 382 g/mol. The number of methoxy groups -OCH3 is 1. The van der Waals surface area contributed by atoms with Crippen LogP contribution in [-0.2, 0) is 11.2 Å². The molecular formula is C17H17BrClNO3. The number of benzene rings is 2. The summed E-state index contributed by atoms with van der Waals surface area (Å²) >= 11 is 9.36. The zero-order valence-corrected chi connectivity index (χ0v) is 15.2. The van der Waals surface area contributed by atoms with Gasteiger partial charge >= 0.3 is 0 Å². The SMILES string of the molecule is CCc1cc(Br)ccc1OCC(=O)Nc1cc(Cl)ccc1OC. The number of ether oxygens (including phenoxy) is 2. The van der Waals surface area contributed by atoms with Gasteiger partial charge < -0.3 is 14.8 Å². The van der Waals surface area contributed by atoms with E-state index in [-0.39, 0.29) is 12.5 Å². The number of nitrogens with one attached hydrogen (secondary N) is 1. The normalized spacial score (nSPS) is 10.3. The summed E-state index contributed by atoms with van der Waals surface area (Å²) < 4.78 is 11.8. The fourth-order valence-electron chi connectivity index (χ4n) is 2.07. The Balaban J connectivity index is 2.02. The fraction of sp³-hybridized carbons (Fsp3) is 0.235. The maximum absolute atomic E-state index is 12.1. The van der Waals surface area contributed by atoms with Gasteiger partial charge in [-0.15, -0.1) is 0 Å². The Hall–Kier alpha value is -1.72. The largest absolute Gasteiger partial charge is 0.495 e. The van der Waals surface area contributed by atoms with Crippen molar-refractivity contribution in [1.29, 1.82) is 0 Å². The van der Waals surface area contributed by atoms with Crippen LogP contribution in [0.4, 0.5) is 5.69 Å². The standard InChI is InChI=1S/C17H17BrClNO3/c1-3-11-8-12(18)4-6-15(11)23-10-17(21)20-14-9-13(19)5-7-16(14)22-2/h4-9H,3,10H2,1-2H3,(H,20,21). The lowest BCUT2D eigenvalue weighted by Gasteiger charge is -2.13. The van der Waals surface area contributed by atoms with Crippen LogP contribution in [0.1, 0.15) is 12.5 Å². The summed E-state index contributed by atoms with van der Waals surface area (Å²) in [5.74, 6) is 0.958. The van der Waals surface area contributed by atoms with Gasteiger partial charge in [-0.3, -0.25) is 4.79 Å². The Kier molecular flexibility index (Phi) is 6.30. The molecule has 1 N–H and O–H groups in total. The molecule has 0 spiro atoms. The highest BCUT2D eigenvalue weighted by atomic mass is 79.9. The van der Waals surface area contributed by atoms with E-state index < -0.39 is 0 Å². The van der Waals surface area contributed by atoms with Gasteiger partial charge in [0.15, 0.2) is 6.61 Å². The highest BCUT2D eigenvalue weighted by Crippen LogP contribution is 2.28. The lowest BCUT2D eigenvalue weighted by Crippen LogP contribution is -2.20. The van der Waals surface area contributed by atoms with Gasteiger partial charge in [-0.05, 0) is 48.4 Å². The molecule has 23 heavy (non-hydrogen) atoms. The summed E-state index contributed by atoms with van der Waals surface area (Å²) in [4.78, 5) is 12.1. The van der Waals surface area contributed by atoms with Crippen LogP contribution in [0, 0.1) is 0 Å². The Labute approximate surface area is 148 Å². The van der Waals surface area contributed by atoms with E-state index in [0.29, 0.717) is 22.2 Å². The fourth-order valence-corrected chi connectivity index (χ4v) is 2.65. The van der Waals surface area contributed by atoms with E-state index in [1.54, 1.807) is 18.2 Å². The van der Waals surface area contributed by atoms with Crippen LogP contribution in [-0.4, -0.2) is 19.6 Å². The molecule has 6 heteroatoms. The predicted molar refractivity (Wildman–Crippen MR) is 95.6 cm³/mol. The monoisotopic (exact) mass is 397 g/mol. The second-order valence-corrected chi connectivity index (χ2v) is 6.14. The molecule has 0 unspecified atom stereocenters. The van der Waals surface area contributed by atoms with Gasteiger partial charge in [-0.2, -0.15) is 0 Å². The van der Waals surface area contributed by atoms with Gasteiger partial charge in [0.2, 0.25) is 0 Å². The van der Waals surface area contributed by atoms with Gasteiger partial charge in [-0.25, -0.2) is 0 Å². The Morgan fingerprint density at radius 1 is 1.22 bits per heavy atom. The summed E-state index contributed by atoms with van der Waals surface area (Å²) in [6, 6.07) is 10.7. The Morgan fingerprint density at radius 3 is 2.65 bits per heavy atom. The third-order valence-corrected chi connectivity index (χ3v) is 3.93. The molecule has 0 aromatic heterocycles. The molecule has 0 saturated heterocycles. The van der Waals surface area contributed by atoms with Gasteiger partial charge in [0.05, 0.1) is 12.8 Å². The van der Waals surface area contributed by atoms with Gasteiger partial charge in [0.1, 0.15) is 11.5 Å². The molecule has 0 saturated carbocycles. The number of carbonyl (C=O) groups excluding carboxylic acids is 1. The van der Waals surface area contributed by atoms with E-state index >= 15 is 0 Å². The van der Waals surface area contributed by atoms with Crippen molar-refractivity contribution in [3.05, 3.63) is 51.5 Å². The summed E-state index contributed by atoms with van der Waals surface area (Å²) in [7, 11) is 1.53. The average Bonchev–Trinajstić information content (AvgIpc) is 2.53. The van der Waals surface area contributed by atoms with Crippen molar-refractivity contribution in [2.24, 2.45) is 0 Å². The van der Waals surface area contributed by atoms with Crippen LogP contribution < -0.4 is 14.8 Å². The van der Waals surface area contributed by atoms with Crippen LogP contribution in [0.15, 0.2) is 40.9 Å². The number of aryl methyl sites for hydroxylation is 1.